The van der Waals surface area contributed by atoms with E-state index >= 15 is 0 Å². The fraction of sp³-hybridized carbons (Fsp3) is 0.208. The van der Waals surface area contributed by atoms with Crippen molar-refractivity contribution in [2.45, 2.75) is 32.3 Å². The second kappa shape index (κ2) is 8.58. The van der Waals surface area contributed by atoms with Crippen LogP contribution in [0, 0.1) is 13.8 Å². The van der Waals surface area contributed by atoms with E-state index in [0.29, 0.717) is 16.1 Å². The zero-order valence-electron chi connectivity index (χ0n) is 17.1. The lowest BCUT2D eigenvalue weighted by Crippen LogP contribution is -2.22. The molecule has 0 aliphatic heterocycles. The lowest BCUT2D eigenvalue weighted by molar-refractivity contribution is 0.102. The molecule has 0 unspecified atom stereocenters. The van der Waals surface area contributed by atoms with Crippen molar-refractivity contribution < 1.29 is 4.79 Å². The molecule has 30 heavy (non-hydrogen) atoms. The van der Waals surface area contributed by atoms with Gasteiger partial charge in [-0.1, -0.05) is 66.7 Å². The number of Topliss-reactive ketones (excluding diaryl/α,β-unsaturated/α-hetero) is 1. The maximum atomic E-state index is 13.5. The molecule has 2 aromatic carbocycles. The zero-order chi connectivity index (χ0) is 21.3. The van der Waals surface area contributed by atoms with Gasteiger partial charge in [-0.05, 0) is 38.0 Å². The number of thioether (sulfide) groups is 1. The van der Waals surface area contributed by atoms with Gasteiger partial charge in [-0.3, -0.25) is 14.2 Å². The summed E-state index contributed by atoms with van der Waals surface area (Å²) in [4.78, 5) is 32.9. The van der Waals surface area contributed by atoms with Crippen molar-refractivity contribution in [3.8, 4) is 5.69 Å². The van der Waals surface area contributed by atoms with Gasteiger partial charge < -0.3 is 0 Å². The highest BCUT2D eigenvalue weighted by Crippen LogP contribution is 2.30. The van der Waals surface area contributed by atoms with Crippen LogP contribution in [-0.2, 0) is 6.42 Å². The topological polar surface area (TPSA) is 52.0 Å². The van der Waals surface area contributed by atoms with Gasteiger partial charge in [0.15, 0.2) is 10.9 Å². The number of aromatic nitrogens is 2. The van der Waals surface area contributed by atoms with E-state index in [2.05, 4.69) is 6.92 Å². The number of fused-ring (bicyclic) bond motifs is 1. The van der Waals surface area contributed by atoms with Crippen LogP contribution in [0.25, 0.3) is 15.9 Å². The van der Waals surface area contributed by atoms with Crippen LogP contribution >= 0.6 is 23.1 Å². The van der Waals surface area contributed by atoms with E-state index in [4.69, 9.17) is 4.98 Å². The molecule has 0 atom stereocenters. The van der Waals surface area contributed by atoms with Crippen LogP contribution in [0.3, 0.4) is 0 Å². The Hall–Kier alpha value is -2.70. The van der Waals surface area contributed by atoms with Crippen molar-refractivity contribution in [2.24, 2.45) is 0 Å². The van der Waals surface area contributed by atoms with E-state index in [0.717, 1.165) is 28.1 Å². The molecule has 0 aliphatic rings. The Labute approximate surface area is 183 Å². The Kier molecular flexibility index (Phi) is 5.88. The molecule has 0 amide bonds. The normalized spacial score (nSPS) is 11.2. The predicted octanol–water partition coefficient (Wildman–Crippen LogP) is 5.60. The first-order chi connectivity index (χ1) is 14.5. The van der Waals surface area contributed by atoms with Crippen LogP contribution in [0.1, 0.15) is 33.3 Å². The van der Waals surface area contributed by atoms with Crippen molar-refractivity contribution in [1.29, 1.82) is 0 Å². The minimum atomic E-state index is -0.0769. The predicted molar refractivity (Wildman–Crippen MR) is 126 cm³/mol. The molecule has 4 nitrogen and oxygen atoms in total. The van der Waals surface area contributed by atoms with Gasteiger partial charge in [0.1, 0.15) is 4.83 Å². The second-order valence-electron chi connectivity index (χ2n) is 7.13. The van der Waals surface area contributed by atoms with Crippen LogP contribution in [0.5, 0.6) is 0 Å². The second-order valence-corrected chi connectivity index (χ2v) is 9.16. The van der Waals surface area contributed by atoms with Crippen molar-refractivity contribution in [3.63, 3.8) is 0 Å². The molecule has 0 N–H and O–H groups in total. The molecule has 152 valence electrons. The Morgan fingerprint density at radius 1 is 1.07 bits per heavy atom. The summed E-state index contributed by atoms with van der Waals surface area (Å²) in [5, 5.41) is 1.22. The molecule has 0 spiro atoms. The zero-order valence-corrected chi connectivity index (χ0v) is 18.8. The average molecular weight is 435 g/mol. The molecule has 0 bridgehead atoms. The minimum absolute atomic E-state index is 0.0157. The lowest BCUT2D eigenvalue weighted by Gasteiger charge is -2.12. The Morgan fingerprint density at radius 3 is 2.43 bits per heavy atom. The number of thiophene rings is 1. The van der Waals surface area contributed by atoms with Gasteiger partial charge in [0.2, 0.25) is 0 Å². The standard InChI is InChI=1S/C24H22N2O2S2/c1-4-20-16(3)21-22(30-20)25-24(29-14-19(27)17-8-6-5-7-9-17)26(23(21)28)18-12-10-15(2)11-13-18/h5-13H,4,14H2,1-3H3. The smallest absolute Gasteiger partial charge is 0.267 e. The minimum Gasteiger partial charge on any atom is -0.293 e. The van der Waals surface area contributed by atoms with Crippen LogP contribution < -0.4 is 5.56 Å². The lowest BCUT2D eigenvalue weighted by atomic mass is 10.2. The van der Waals surface area contributed by atoms with Crippen LogP contribution in [-0.4, -0.2) is 21.1 Å². The molecule has 0 radical (unpaired) electrons. The summed E-state index contributed by atoms with van der Waals surface area (Å²) < 4.78 is 1.64. The molecule has 0 saturated heterocycles. The summed E-state index contributed by atoms with van der Waals surface area (Å²) in [5.74, 6) is 0.237. The molecule has 0 aliphatic carbocycles. The average Bonchev–Trinajstić information content (AvgIpc) is 3.09. The SMILES string of the molecule is CCc1sc2nc(SCC(=O)c3ccccc3)n(-c3ccc(C)cc3)c(=O)c2c1C. The molecule has 2 heterocycles. The summed E-state index contributed by atoms with van der Waals surface area (Å²) in [6.07, 6.45) is 0.867. The van der Waals surface area contributed by atoms with Crippen molar-refractivity contribution in [3.05, 3.63) is 86.5 Å². The molecular formula is C24H22N2O2S2. The first-order valence-corrected chi connectivity index (χ1v) is 11.6. The molecule has 6 heteroatoms. The fourth-order valence-electron chi connectivity index (χ4n) is 3.40. The van der Waals surface area contributed by atoms with Crippen LogP contribution in [0.2, 0.25) is 0 Å². The van der Waals surface area contributed by atoms with Crippen molar-refractivity contribution >= 4 is 39.1 Å². The number of nitrogens with zero attached hydrogens (tertiary/aromatic N) is 2. The third-order valence-corrected chi connectivity index (χ3v) is 7.34. The van der Waals surface area contributed by atoms with Crippen molar-refractivity contribution in [2.75, 3.05) is 5.75 Å². The van der Waals surface area contributed by atoms with E-state index in [9.17, 15) is 9.59 Å². The molecule has 4 aromatic rings. The van der Waals surface area contributed by atoms with Gasteiger partial charge in [0.05, 0.1) is 16.8 Å². The summed E-state index contributed by atoms with van der Waals surface area (Å²) in [7, 11) is 0. The molecule has 4 rings (SSSR count). The maximum Gasteiger partial charge on any atom is 0.267 e. The van der Waals surface area contributed by atoms with E-state index in [-0.39, 0.29) is 17.1 Å². The largest absolute Gasteiger partial charge is 0.293 e. The maximum absolute atomic E-state index is 13.5. The highest BCUT2D eigenvalue weighted by atomic mass is 32.2. The van der Waals surface area contributed by atoms with E-state index in [1.165, 1.54) is 16.6 Å². The number of aryl methyl sites for hydroxylation is 3. The van der Waals surface area contributed by atoms with E-state index in [1.807, 2.05) is 68.4 Å². The molecule has 0 saturated carbocycles. The van der Waals surface area contributed by atoms with Gasteiger partial charge >= 0.3 is 0 Å². The highest BCUT2D eigenvalue weighted by Gasteiger charge is 2.19. The van der Waals surface area contributed by atoms with Gasteiger partial charge in [-0.2, -0.15) is 0 Å². The summed E-state index contributed by atoms with van der Waals surface area (Å²) >= 11 is 2.88. The fourth-order valence-corrected chi connectivity index (χ4v) is 5.47. The number of carbonyl (C=O) groups excluding carboxylic acids is 1. The summed E-state index contributed by atoms with van der Waals surface area (Å²) in [6.45, 7) is 6.09. The Bertz CT molecular complexity index is 1270. The quantitative estimate of drug-likeness (QED) is 0.225. The van der Waals surface area contributed by atoms with E-state index in [1.54, 1.807) is 15.9 Å². The number of hydrogen-bond donors (Lipinski definition) is 0. The third kappa shape index (κ3) is 3.85. The van der Waals surface area contributed by atoms with Crippen LogP contribution in [0.15, 0.2) is 64.5 Å². The molecule has 0 fully saturated rings. The summed E-state index contributed by atoms with van der Waals surface area (Å²) in [5.41, 5.74) is 3.47. The third-order valence-electron chi connectivity index (χ3n) is 5.07. The number of carbonyl (C=O) groups is 1. The highest BCUT2D eigenvalue weighted by molar-refractivity contribution is 7.99. The number of benzene rings is 2. The Balaban J connectivity index is 1.82. The number of ketones is 1. The number of rotatable bonds is 6. The number of hydrogen-bond acceptors (Lipinski definition) is 5. The van der Waals surface area contributed by atoms with Crippen LogP contribution in [0.4, 0.5) is 0 Å². The van der Waals surface area contributed by atoms with Gasteiger partial charge in [-0.25, -0.2) is 4.98 Å². The van der Waals surface area contributed by atoms with Gasteiger partial charge in [0.25, 0.3) is 5.56 Å². The van der Waals surface area contributed by atoms with Gasteiger partial charge in [-0.15, -0.1) is 11.3 Å². The van der Waals surface area contributed by atoms with Gasteiger partial charge in [0, 0.05) is 10.4 Å². The van der Waals surface area contributed by atoms with Crippen molar-refractivity contribution in [1.82, 2.24) is 9.55 Å². The molecular weight excluding hydrogens is 412 g/mol. The molecule has 2 aromatic heterocycles. The Morgan fingerprint density at radius 2 is 1.77 bits per heavy atom. The first-order valence-electron chi connectivity index (χ1n) is 9.82. The van der Waals surface area contributed by atoms with E-state index < -0.39 is 0 Å². The first kappa shape index (κ1) is 20.6. The summed E-state index contributed by atoms with van der Waals surface area (Å²) in [6, 6.07) is 17.0. The monoisotopic (exact) mass is 434 g/mol.